The summed E-state index contributed by atoms with van der Waals surface area (Å²) in [5.74, 6) is 0.973. The van der Waals surface area contributed by atoms with Crippen molar-refractivity contribution in [3.63, 3.8) is 0 Å². The van der Waals surface area contributed by atoms with Gasteiger partial charge in [0.1, 0.15) is 5.82 Å². The molecule has 0 fully saturated rings. The molecular weight excluding hydrogens is 250 g/mol. The highest BCUT2D eigenvalue weighted by Crippen LogP contribution is 2.20. The number of carbonyl (C=O) groups is 1. The van der Waals surface area contributed by atoms with E-state index in [9.17, 15) is 4.79 Å². The molecule has 1 amide bonds. The fourth-order valence-corrected chi connectivity index (χ4v) is 2.20. The van der Waals surface area contributed by atoms with E-state index in [2.05, 4.69) is 29.5 Å². The molecule has 1 heterocycles. The third-order valence-electron chi connectivity index (χ3n) is 3.29. The summed E-state index contributed by atoms with van der Waals surface area (Å²) in [6.07, 6.45) is 2.17. The second kappa shape index (κ2) is 6.37. The number of amides is 1. The van der Waals surface area contributed by atoms with Gasteiger partial charge in [0.15, 0.2) is 0 Å². The molecule has 106 valence electrons. The van der Waals surface area contributed by atoms with Crippen LogP contribution in [0.1, 0.15) is 44.7 Å². The molecule has 2 rings (SSSR count). The van der Waals surface area contributed by atoms with E-state index in [1.165, 1.54) is 5.56 Å². The van der Waals surface area contributed by atoms with Crippen LogP contribution in [0, 0.1) is 0 Å². The van der Waals surface area contributed by atoms with Crippen LogP contribution in [0.4, 0.5) is 5.82 Å². The minimum atomic E-state index is 0.0174. The third kappa shape index (κ3) is 3.47. The Hall–Kier alpha value is -2.10. The second-order valence-corrected chi connectivity index (χ2v) is 5.32. The normalized spacial score (nSPS) is 12.4. The molecule has 0 saturated carbocycles. The summed E-state index contributed by atoms with van der Waals surface area (Å²) >= 11 is 0. The van der Waals surface area contributed by atoms with Gasteiger partial charge in [0.25, 0.3) is 0 Å². The van der Waals surface area contributed by atoms with Crippen molar-refractivity contribution in [2.24, 2.45) is 0 Å². The zero-order chi connectivity index (χ0) is 14.5. The van der Waals surface area contributed by atoms with Crippen LogP contribution in [0.5, 0.6) is 0 Å². The van der Waals surface area contributed by atoms with Crippen LogP contribution in [-0.4, -0.2) is 15.7 Å². The van der Waals surface area contributed by atoms with Crippen molar-refractivity contribution in [2.45, 2.75) is 39.2 Å². The Morgan fingerprint density at radius 3 is 2.55 bits per heavy atom. The summed E-state index contributed by atoms with van der Waals surface area (Å²) in [5.41, 5.74) is 1.18. The molecule has 1 N–H and O–H groups in total. The van der Waals surface area contributed by atoms with Crippen molar-refractivity contribution < 1.29 is 4.79 Å². The largest absolute Gasteiger partial charge is 0.311 e. The van der Waals surface area contributed by atoms with E-state index in [-0.39, 0.29) is 17.9 Å². The van der Waals surface area contributed by atoms with Crippen LogP contribution < -0.4 is 5.32 Å². The number of anilines is 1. The number of nitrogens with one attached hydrogen (secondary N) is 1. The van der Waals surface area contributed by atoms with Gasteiger partial charge in [0, 0.05) is 18.5 Å². The maximum Gasteiger partial charge on any atom is 0.226 e. The monoisotopic (exact) mass is 271 g/mol. The van der Waals surface area contributed by atoms with E-state index < -0.39 is 0 Å². The highest BCUT2D eigenvalue weighted by Gasteiger charge is 2.13. The number of rotatable bonds is 5. The first-order chi connectivity index (χ1) is 9.58. The Morgan fingerprint density at radius 2 is 1.90 bits per heavy atom. The minimum absolute atomic E-state index is 0.0174. The van der Waals surface area contributed by atoms with E-state index in [4.69, 9.17) is 0 Å². The number of benzene rings is 1. The van der Waals surface area contributed by atoms with Crippen LogP contribution >= 0.6 is 0 Å². The number of hydrogen-bond donors (Lipinski definition) is 1. The van der Waals surface area contributed by atoms with Gasteiger partial charge < -0.3 is 5.32 Å². The molecule has 4 heteroatoms. The van der Waals surface area contributed by atoms with Gasteiger partial charge in [-0.25, -0.2) is 4.68 Å². The fourth-order valence-electron chi connectivity index (χ4n) is 2.20. The van der Waals surface area contributed by atoms with Gasteiger partial charge >= 0.3 is 0 Å². The van der Waals surface area contributed by atoms with E-state index in [0.717, 1.165) is 5.82 Å². The molecule has 1 atom stereocenters. The Morgan fingerprint density at radius 1 is 1.20 bits per heavy atom. The molecule has 4 nitrogen and oxygen atoms in total. The smallest absolute Gasteiger partial charge is 0.226 e. The average Bonchev–Trinajstić information content (AvgIpc) is 2.87. The fraction of sp³-hybridized carbons (Fsp3) is 0.375. The molecule has 0 bridgehead atoms. The summed E-state index contributed by atoms with van der Waals surface area (Å²) in [6.45, 7) is 6.14. The van der Waals surface area contributed by atoms with Crippen molar-refractivity contribution in [1.29, 1.82) is 0 Å². The molecular formula is C16H21N3O. The van der Waals surface area contributed by atoms with E-state index in [1.54, 1.807) is 6.20 Å². The molecule has 1 aromatic carbocycles. The van der Waals surface area contributed by atoms with E-state index >= 15 is 0 Å². The summed E-state index contributed by atoms with van der Waals surface area (Å²) in [7, 11) is 0. The molecule has 1 aromatic heterocycles. The molecule has 0 saturated heterocycles. The summed E-state index contributed by atoms with van der Waals surface area (Å²) in [5, 5.41) is 7.14. The summed E-state index contributed by atoms with van der Waals surface area (Å²) in [4.78, 5) is 12.1. The van der Waals surface area contributed by atoms with Crippen LogP contribution in [0.25, 0.3) is 0 Å². The van der Waals surface area contributed by atoms with Gasteiger partial charge in [0.2, 0.25) is 5.91 Å². The predicted molar refractivity (Wildman–Crippen MR) is 80.7 cm³/mol. The first-order valence-corrected chi connectivity index (χ1v) is 6.96. The van der Waals surface area contributed by atoms with Crippen LogP contribution in [0.15, 0.2) is 42.6 Å². The lowest BCUT2D eigenvalue weighted by atomic mass is 9.98. The van der Waals surface area contributed by atoms with Crippen molar-refractivity contribution in [3.8, 4) is 0 Å². The zero-order valence-corrected chi connectivity index (χ0v) is 12.2. The summed E-state index contributed by atoms with van der Waals surface area (Å²) in [6, 6.07) is 12.1. The first kappa shape index (κ1) is 14.3. The molecule has 0 radical (unpaired) electrons. The first-order valence-electron chi connectivity index (χ1n) is 6.96. The van der Waals surface area contributed by atoms with E-state index in [0.29, 0.717) is 6.42 Å². The molecule has 20 heavy (non-hydrogen) atoms. The molecule has 0 aliphatic carbocycles. The maximum absolute atomic E-state index is 12.1. The lowest BCUT2D eigenvalue weighted by Gasteiger charge is -2.14. The van der Waals surface area contributed by atoms with Crippen LogP contribution in [-0.2, 0) is 4.79 Å². The van der Waals surface area contributed by atoms with Gasteiger partial charge in [-0.15, -0.1) is 0 Å². The predicted octanol–water partition coefficient (Wildman–Crippen LogP) is 3.60. The van der Waals surface area contributed by atoms with E-state index in [1.807, 2.05) is 42.8 Å². The van der Waals surface area contributed by atoms with Crippen molar-refractivity contribution in [1.82, 2.24) is 9.78 Å². The zero-order valence-electron chi connectivity index (χ0n) is 12.2. The second-order valence-electron chi connectivity index (χ2n) is 5.32. The molecule has 1 unspecified atom stereocenters. The topological polar surface area (TPSA) is 46.9 Å². The quantitative estimate of drug-likeness (QED) is 0.903. The Labute approximate surface area is 119 Å². The van der Waals surface area contributed by atoms with Gasteiger partial charge in [-0.05, 0) is 25.3 Å². The Bertz CT molecular complexity index is 560. The third-order valence-corrected chi connectivity index (χ3v) is 3.29. The van der Waals surface area contributed by atoms with Gasteiger partial charge in [0.05, 0.1) is 6.20 Å². The van der Waals surface area contributed by atoms with Crippen molar-refractivity contribution in [2.75, 3.05) is 5.32 Å². The van der Waals surface area contributed by atoms with Crippen LogP contribution in [0.3, 0.4) is 0 Å². The number of nitrogens with zero attached hydrogens (tertiary/aromatic N) is 2. The van der Waals surface area contributed by atoms with Gasteiger partial charge in [-0.2, -0.15) is 5.10 Å². The standard InChI is InChI=1S/C16H21N3O/c1-12(2)19-15(9-10-17-19)18-16(20)11-13(3)14-7-5-4-6-8-14/h4-10,12-13H,11H2,1-3H3,(H,18,20). The molecule has 0 aliphatic rings. The van der Waals surface area contributed by atoms with Crippen molar-refractivity contribution >= 4 is 11.7 Å². The number of carbonyl (C=O) groups excluding carboxylic acids is 1. The Kier molecular flexibility index (Phi) is 4.56. The molecule has 2 aromatic rings. The Balaban J connectivity index is 1.97. The van der Waals surface area contributed by atoms with Gasteiger partial charge in [-0.1, -0.05) is 37.3 Å². The average molecular weight is 271 g/mol. The lowest BCUT2D eigenvalue weighted by molar-refractivity contribution is -0.116. The number of hydrogen-bond acceptors (Lipinski definition) is 2. The van der Waals surface area contributed by atoms with Gasteiger partial charge in [-0.3, -0.25) is 4.79 Å². The van der Waals surface area contributed by atoms with Crippen LogP contribution in [0.2, 0.25) is 0 Å². The van der Waals surface area contributed by atoms with Crippen molar-refractivity contribution in [3.05, 3.63) is 48.2 Å². The molecule has 0 spiro atoms. The summed E-state index contributed by atoms with van der Waals surface area (Å²) < 4.78 is 1.81. The maximum atomic E-state index is 12.1. The minimum Gasteiger partial charge on any atom is -0.311 e. The SMILES string of the molecule is CC(CC(=O)Nc1ccnn1C(C)C)c1ccccc1. The molecule has 0 aliphatic heterocycles. The number of aromatic nitrogens is 2. The highest BCUT2D eigenvalue weighted by molar-refractivity contribution is 5.90. The highest BCUT2D eigenvalue weighted by atomic mass is 16.1. The lowest BCUT2D eigenvalue weighted by Crippen LogP contribution is -2.18.